The van der Waals surface area contributed by atoms with E-state index in [1.54, 1.807) is 0 Å². The fourth-order valence-corrected chi connectivity index (χ4v) is 2.50. The quantitative estimate of drug-likeness (QED) is 0.567. The minimum absolute atomic E-state index is 0.396. The van der Waals surface area contributed by atoms with Crippen LogP contribution in [0.3, 0.4) is 0 Å². The smallest absolute Gasteiger partial charge is 0.107 e. The van der Waals surface area contributed by atoms with Gasteiger partial charge in [-0.1, -0.05) is 25.2 Å². The first-order chi connectivity index (χ1) is 8.66. The van der Waals surface area contributed by atoms with Crippen LogP contribution in [0.4, 0.5) is 5.69 Å². The first-order valence-corrected chi connectivity index (χ1v) is 7.27. The first kappa shape index (κ1) is 15.4. The zero-order chi connectivity index (χ0) is 13.4. The molecule has 0 aliphatic carbocycles. The van der Waals surface area contributed by atoms with Gasteiger partial charge < -0.3 is 15.8 Å². The summed E-state index contributed by atoms with van der Waals surface area (Å²) >= 11 is 8.51. The number of ether oxygens (including phenoxy) is 1. The van der Waals surface area contributed by atoms with Crippen molar-refractivity contribution in [2.24, 2.45) is 5.73 Å². The van der Waals surface area contributed by atoms with Gasteiger partial charge in [0.25, 0.3) is 0 Å². The molecule has 0 unspecified atom stereocenters. The molecule has 0 saturated carbocycles. The molecule has 3 N–H and O–H groups in total. The van der Waals surface area contributed by atoms with E-state index in [0.29, 0.717) is 4.99 Å². The van der Waals surface area contributed by atoms with Crippen molar-refractivity contribution in [2.45, 2.75) is 19.8 Å². The minimum Gasteiger partial charge on any atom is -0.389 e. The maximum atomic E-state index is 5.72. The van der Waals surface area contributed by atoms with Gasteiger partial charge in [0.05, 0.1) is 0 Å². The van der Waals surface area contributed by atoms with Crippen molar-refractivity contribution in [3.05, 3.63) is 28.2 Å². The Bertz CT molecular complexity index is 399. The lowest BCUT2D eigenvalue weighted by atomic mass is 10.1. The van der Waals surface area contributed by atoms with Gasteiger partial charge in [-0.25, -0.2) is 0 Å². The number of nitrogens with two attached hydrogens (primary N) is 1. The molecular formula is C13H19BrN2OS. The average molecular weight is 331 g/mol. The summed E-state index contributed by atoms with van der Waals surface area (Å²) in [6.45, 7) is 4.55. The van der Waals surface area contributed by atoms with Crippen LogP contribution in [0.25, 0.3) is 0 Å². The molecule has 0 aliphatic heterocycles. The van der Waals surface area contributed by atoms with E-state index in [2.05, 4.69) is 28.2 Å². The highest BCUT2D eigenvalue weighted by Crippen LogP contribution is 2.24. The van der Waals surface area contributed by atoms with Gasteiger partial charge in [-0.2, -0.15) is 0 Å². The van der Waals surface area contributed by atoms with Gasteiger partial charge in [0.1, 0.15) is 4.99 Å². The molecule has 1 rings (SSSR count). The van der Waals surface area contributed by atoms with E-state index in [0.717, 1.165) is 48.3 Å². The Labute approximate surface area is 122 Å². The molecule has 5 heteroatoms. The Morgan fingerprint density at radius 3 is 2.89 bits per heavy atom. The third kappa shape index (κ3) is 4.92. The van der Waals surface area contributed by atoms with Crippen LogP contribution < -0.4 is 11.1 Å². The summed E-state index contributed by atoms with van der Waals surface area (Å²) < 4.78 is 6.34. The topological polar surface area (TPSA) is 47.3 Å². The largest absolute Gasteiger partial charge is 0.389 e. The van der Waals surface area contributed by atoms with Crippen LogP contribution in [-0.2, 0) is 4.74 Å². The number of anilines is 1. The highest BCUT2D eigenvalue weighted by atomic mass is 79.9. The maximum Gasteiger partial charge on any atom is 0.107 e. The monoisotopic (exact) mass is 330 g/mol. The number of benzene rings is 1. The summed E-state index contributed by atoms with van der Waals surface area (Å²) in [6, 6.07) is 5.87. The number of thiocarbonyl (C=S) groups is 1. The summed E-state index contributed by atoms with van der Waals surface area (Å²) in [7, 11) is 0. The molecule has 0 bridgehead atoms. The molecule has 0 fully saturated rings. The highest BCUT2D eigenvalue weighted by molar-refractivity contribution is 9.10. The van der Waals surface area contributed by atoms with Gasteiger partial charge in [-0.15, -0.1) is 0 Å². The van der Waals surface area contributed by atoms with E-state index in [4.69, 9.17) is 22.7 Å². The van der Waals surface area contributed by atoms with Gasteiger partial charge in [0, 0.05) is 35.5 Å². The molecule has 1 aromatic carbocycles. The van der Waals surface area contributed by atoms with Crippen LogP contribution in [0.15, 0.2) is 22.7 Å². The first-order valence-electron chi connectivity index (χ1n) is 6.06. The van der Waals surface area contributed by atoms with E-state index < -0.39 is 0 Å². The SMILES string of the molecule is CCCOCCCNc1cccc(Br)c1C(N)=S. The molecule has 3 nitrogen and oxygen atoms in total. The third-order valence-electron chi connectivity index (χ3n) is 2.39. The van der Waals surface area contributed by atoms with Crippen molar-refractivity contribution < 1.29 is 4.74 Å². The molecule has 0 aromatic heterocycles. The van der Waals surface area contributed by atoms with Gasteiger partial charge in [-0.05, 0) is 40.9 Å². The lowest BCUT2D eigenvalue weighted by Gasteiger charge is -2.12. The van der Waals surface area contributed by atoms with E-state index in [1.807, 2.05) is 18.2 Å². The van der Waals surface area contributed by atoms with Crippen molar-refractivity contribution in [3.63, 3.8) is 0 Å². The molecule has 0 spiro atoms. The number of nitrogens with one attached hydrogen (secondary N) is 1. The molecule has 100 valence electrons. The Balaban J connectivity index is 2.47. The molecular weight excluding hydrogens is 312 g/mol. The van der Waals surface area contributed by atoms with Crippen LogP contribution in [0.1, 0.15) is 25.3 Å². The molecule has 0 radical (unpaired) electrons. The summed E-state index contributed by atoms with van der Waals surface area (Å²) in [6.07, 6.45) is 2.02. The third-order valence-corrected chi connectivity index (χ3v) is 3.25. The Kier molecular flexibility index (Phi) is 7.23. The molecule has 0 saturated heterocycles. The van der Waals surface area contributed by atoms with Crippen LogP contribution in [0.5, 0.6) is 0 Å². The van der Waals surface area contributed by atoms with Crippen molar-refractivity contribution in [1.29, 1.82) is 0 Å². The predicted molar refractivity (Wildman–Crippen MR) is 84.2 cm³/mol. The second-order valence-electron chi connectivity index (χ2n) is 3.92. The minimum atomic E-state index is 0.396. The van der Waals surface area contributed by atoms with Gasteiger partial charge in [-0.3, -0.25) is 0 Å². The lowest BCUT2D eigenvalue weighted by Crippen LogP contribution is -2.15. The van der Waals surface area contributed by atoms with Gasteiger partial charge >= 0.3 is 0 Å². The highest BCUT2D eigenvalue weighted by Gasteiger charge is 2.08. The zero-order valence-corrected chi connectivity index (χ0v) is 12.9. The normalized spacial score (nSPS) is 10.3. The Morgan fingerprint density at radius 1 is 1.44 bits per heavy atom. The van der Waals surface area contributed by atoms with Gasteiger partial charge in [0.2, 0.25) is 0 Å². The molecule has 0 amide bonds. The van der Waals surface area contributed by atoms with Crippen LogP contribution in [0, 0.1) is 0 Å². The summed E-state index contributed by atoms with van der Waals surface area (Å²) in [5.74, 6) is 0. The van der Waals surface area contributed by atoms with Crippen molar-refractivity contribution >= 4 is 38.8 Å². The second-order valence-corrected chi connectivity index (χ2v) is 5.21. The number of hydrogen-bond donors (Lipinski definition) is 2. The lowest BCUT2D eigenvalue weighted by molar-refractivity contribution is 0.134. The van der Waals surface area contributed by atoms with Crippen LogP contribution >= 0.6 is 28.1 Å². The standard InChI is InChI=1S/C13H19BrN2OS/c1-2-8-17-9-4-7-16-11-6-3-5-10(14)12(11)13(15)18/h3,5-6,16H,2,4,7-9H2,1H3,(H2,15,18). The number of halogens is 1. The zero-order valence-electron chi connectivity index (χ0n) is 10.5. The van der Waals surface area contributed by atoms with Crippen molar-refractivity contribution in [1.82, 2.24) is 0 Å². The Hall–Kier alpha value is -0.650. The molecule has 0 atom stereocenters. The summed E-state index contributed by atoms with van der Waals surface area (Å²) in [5.41, 5.74) is 7.55. The van der Waals surface area contributed by atoms with E-state index in [1.165, 1.54) is 0 Å². The predicted octanol–water partition coefficient (Wildman–Crippen LogP) is 3.31. The molecule has 0 aliphatic rings. The average Bonchev–Trinajstić information content (AvgIpc) is 2.33. The fraction of sp³-hybridized carbons (Fsp3) is 0.462. The van der Waals surface area contributed by atoms with Gasteiger partial charge in [0.15, 0.2) is 0 Å². The molecule has 18 heavy (non-hydrogen) atoms. The molecule has 0 heterocycles. The van der Waals surface area contributed by atoms with Crippen molar-refractivity contribution in [2.75, 3.05) is 25.1 Å². The van der Waals surface area contributed by atoms with Crippen LogP contribution in [0.2, 0.25) is 0 Å². The summed E-state index contributed by atoms with van der Waals surface area (Å²) in [4.78, 5) is 0.396. The van der Waals surface area contributed by atoms with E-state index >= 15 is 0 Å². The second kappa shape index (κ2) is 8.45. The molecule has 1 aromatic rings. The Morgan fingerprint density at radius 2 is 2.22 bits per heavy atom. The number of rotatable bonds is 8. The number of hydrogen-bond acceptors (Lipinski definition) is 3. The van der Waals surface area contributed by atoms with E-state index in [9.17, 15) is 0 Å². The fourth-order valence-electron chi connectivity index (χ4n) is 1.57. The van der Waals surface area contributed by atoms with Crippen molar-refractivity contribution in [3.8, 4) is 0 Å². The maximum absolute atomic E-state index is 5.72. The summed E-state index contributed by atoms with van der Waals surface area (Å²) in [5, 5.41) is 3.33. The van der Waals surface area contributed by atoms with E-state index in [-0.39, 0.29) is 0 Å². The van der Waals surface area contributed by atoms with Crippen LogP contribution in [-0.4, -0.2) is 24.7 Å².